The summed E-state index contributed by atoms with van der Waals surface area (Å²) in [7, 11) is -2.71. The number of carbonyl (C=O) groups is 2. The maximum absolute atomic E-state index is 14.1. The number of hydrogen-bond donors (Lipinski definition) is 1. The number of hydrogen-bond acceptors (Lipinski definition) is 5. The lowest BCUT2D eigenvalue weighted by molar-refractivity contribution is -0.140. The smallest absolute Gasteiger partial charge is 0.264 e. The van der Waals surface area contributed by atoms with Crippen LogP contribution in [0.25, 0.3) is 0 Å². The number of ether oxygens (including phenoxy) is 1. The Kier molecular flexibility index (Phi) is 11.5. The van der Waals surface area contributed by atoms with Crippen LogP contribution in [0.5, 0.6) is 5.75 Å². The van der Waals surface area contributed by atoms with Crippen molar-refractivity contribution in [3.8, 4) is 5.75 Å². The predicted octanol–water partition coefficient (Wildman–Crippen LogP) is 5.84. The van der Waals surface area contributed by atoms with Crippen molar-refractivity contribution < 1.29 is 22.7 Å². The molecule has 0 unspecified atom stereocenters. The Balaban J connectivity index is 2.08. The van der Waals surface area contributed by atoms with Gasteiger partial charge in [-0.05, 0) is 67.8 Å². The third-order valence-corrected chi connectivity index (χ3v) is 8.84. The minimum Gasteiger partial charge on any atom is -0.497 e. The number of carbonyl (C=O) groups excluding carboxylic acids is 2. The van der Waals surface area contributed by atoms with Crippen LogP contribution in [0, 0.1) is 6.92 Å². The molecule has 0 spiro atoms. The first-order valence-electron chi connectivity index (χ1n) is 13.3. The van der Waals surface area contributed by atoms with E-state index in [1.807, 2.05) is 13.8 Å². The fourth-order valence-electron chi connectivity index (χ4n) is 4.24. The summed E-state index contributed by atoms with van der Waals surface area (Å²) in [4.78, 5) is 28.7. The minimum atomic E-state index is -4.26. The summed E-state index contributed by atoms with van der Waals surface area (Å²) in [6, 6.07) is 17.0. The quantitative estimate of drug-likeness (QED) is 0.259. The molecule has 1 atom stereocenters. The lowest BCUT2D eigenvalue weighted by Gasteiger charge is -2.33. The molecule has 0 fully saturated rings. The molecule has 8 nitrogen and oxygen atoms in total. The van der Waals surface area contributed by atoms with E-state index in [1.165, 1.54) is 35.2 Å². The Labute approximate surface area is 252 Å². The SMILES string of the molecule is CCCNC(=O)[C@H](CC)N(Cc1ccc(OC)cc1)C(=O)CN(c1cc(Cl)ccc1Cl)S(=O)(=O)c1ccc(C)cc1. The highest BCUT2D eigenvalue weighted by Gasteiger charge is 2.34. The van der Waals surface area contributed by atoms with Crippen LogP contribution in [0.3, 0.4) is 0 Å². The predicted molar refractivity (Wildman–Crippen MR) is 163 cm³/mol. The Bertz CT molecular complexity index is 1450. The Morgan fingerprint density at radius 1 is 0.976 bits per heavy atom. The van der Waals surface area contributed by atoms with Gasteiger partial charge in [-0.2, -0.15) is 0 Å². The molecule has 0 saturated carbocycles. The maximum Gasteiger partial charge on any atom is 0.264 e. The van der Waals surface area contributed by atoms with Crippen LogP contribution >= 0.6 is 23.2 Å². The number of nitrogens with one attached hydrogen (secondary N) is 1. The number of benzene rings is 3. The summed E-state index contributed by atoms with van der Waals surface area (Å²) in [6.45, 7) is 5.50. The first kappa shape index (κ1) is 32.2. The van der Waals surface area contributed by atoms with Crippen LogP contribution in [0.1, 0.15) is 37.8 Å². The third-order valence-electron chi connectivity index (χ3n) is 6.51. The van der Waals surface area contributed by atoms with Gasteiger partial charge in [0.1, 0.15) is 18.3 Å². The van der Waals surface area contributed by atoms with Crippen molar-refractivity contribution in [3.63, 3.8) is 0 Å². The van der Waals surface area contributed by atoms with E-state index in [1.54, 1.807) is 50.4 Å². The molecule has 3 aromatic rings. The molecule has 220 valence electrons. The van der Waals surface area contributed by atoms with Gasteiger partial charge in [0.25, 0.3) is 10.0 Å². The standard InChI is InChI=1S/C30H35Cl2N3O5S/c1-5-17-33-30(37)27(6-2)34(19-22-9-12-24(40-4)13-10-22)29(36)20-35(28-18-23(31)11-16-26(28)32)41(38,39)25-14-7-21(3)8-15-25/h7-16,18,27H,5-6,17,19-20H2,1-4H3,(H,33,37)/t27-/m0/s1. The maximum atomic E-state index is 14.1. The van der Waals surface area contributed by atoms with Crippen LogP contribution in [0.15, 0.2) is 71.6 Å². The fraction of sp³-hybridized carbons (Fsp3) is 0.333. The average molecular weight is 621 g/mol. The van der Waals surface area contributed by atoms with Gasteiger partial charge >= 0.3 is 0 Å². The fourth-order valence-corrected chi connectivity index (χ4v) is 6.10. The van der Waals surface area contributed by atoms with Crippen molar-refractivity contribution in [3.05, 3.63) is 87.9 Å². The third kappa shape index (κ3) is 8.15. The molecule has 0 bridgehead atoms. The Hall–Kier alpha value is -3.27. The molecular formula is C30H35Cl2N3O5S. The Morgan fingerprint density at radius 3 is 2.22 bits per heavy atom. The highest BCUT2D eigenvalue weighted by atomic mass is 35.5. The van der Waals surface area contributed by atoms with Gasteiger partial charge in [0.15, 0.2) is 0 Å². The molecule has 3 aromatic carbocycles. The number of aryl methyl sites for hydroxylation is 1. The van der Waals surface area contributed by atoms with Crippen molar-refractivity contribution in [2.75, 3.05) is 24.5 Å². The number of rotatable bonds is 13. The van der Waals surface area contributed by atoms with Gasteiger partial charge in [-0.3, -0.25) is 13.9 Å². The van der Waals surface area contributed by atoms with Crippen LogP contribution in [-0.4, -0.2) is 51.4 Å². The number of anilines is 1. The molecule has 0 radical (unpaired) electrons. The highest BCUT2D eigenvalue weighted by Crippen LogP contribution is 2.33. The zero-order valence-electron chi connectivity index (χ0n) is 23.6. The molecule has 0 aliphatic rings. The van der Waals surface area contributed by atoms with Gasteiger partial charge in [0.05, 0.1) is 22.7 Å². The van der Waals surface area contributed by atoms with Crippen LogP contribution < -0.4 is 14.4 Å². The van der Waals surface area contributed by atoms with Gasteiger partial charge in [-0.15, -0.1) is 0 Å². The number of methoxy groups -OCH3 is 1. The lowest BCUT2D eigenvalue weighted by Crippen LogP contribution is -2.52. The van der Waals surface area contributed by atoms with Gasteiger partial charge < -0.3 is 15.0 Å². The summed E-state index contributed by atoms with van der Waals surface area (Å²) in [5, 5.41) is 3.22. The van der Waals surface area contributed by atoms with E-state index < -0.39 is 28.5 Å². The molecule has 0 heterocycles. The summed E-state index contributed by atoms with van der Waals surface area (Å²) in [6.07, 6.45) is 1.05. The van der Waals surface area contributed by atoms with Gasteiger partial charge in [-0.25, -0.2) is 8.42 Å². The van der Waals surface area contributed by atoms with E-state index in [0.29, 0.717) is 18.7 Å². The topological polar surface area (TPSA) is 96.0 Å². The van der Waals surface area contributed by atoms with Crippen LogP contribution in [0.2, 0.25) is 10.0 Å². The molecule has 3 rings (SSSR count). The molecule has 1 N–H and O–H groups in total. The van der Waals surface area contributed by atoms with Crippen molar-refractivity contribution in [2.45, 2.75) is 51.1 Å². The second-order valence-corrected chi connectivity index (χ2v) is 12.2. The molecular weight excluding hydrogens is 585 g/mol. The molecule has 0 aliphatic heterocycles. The summed E-state index contributed by atoms with van der Waals surface area (Å²) in [5.41, 5.74) is 1.68. The molecule has 0 saturated heterocycles. The van der Waals surface area contributed by atoms with Crippen molar-refractivity contribution >= 4 is 50.7 Å². The minimum absolute atomic E-state index is 0.0126. The van der Waals surface area contributed by atoms with Crippen LogP contribution in [-0.2, 0) is 26.2 Å². The normalized spacial score (nSPS) is 12.0. The molecule has 0 aliphatic carbocycles. The summed E-state index contributed by atoms with van der Waals surface area (Å²) >= 11 is 12.7. The molecule has 11 heteroatoms. The molecule has 41 heavy (non-hydrogen) atoms. The molecule has 2 amide bonds. The number of halogens is 2. The van der Waals surface area contributed by atoms with Crippen molar-refractivity contribution in [2.24, 2.45) is 0 Å². The second-order valence-electron chi connectivity index (χ2n) is 9.51. The van der Waals surface area contributed by atoms with Gasteiger partial charge in [0, 0.05) is 18.1 Å². The van der Waals surface area contributed by atoms with Crippen LogP contribution in [0.4, 0.5) is 5.69 Å². The zero-order valence-corrected chi connectivity index (χ0v) is 25.9. The second kappa shape index (κ2) is 14.6. The van der Waals surface area contributed by atoms with E-state index in [0.717, 1.165) is 21.9 Å². The van der Waals surface area contributed by atoms with Crippen molar-refractivity contribution in [1.82, 2.24) is 10.2 Å². The van der Waals surface area contributed by atoms with E-state index >= 15 is 0 Å². The van der Waals surface area contributed by atoms with Gasteiger partial charge in [-0.1, -0.05) is 66.9 Å². The number of amides is 2. The summed E-state index contributed by atoms with van der Waals surface area (Å²) in [5.74, 6) is -0.249. The first-order valence-corrected chi connectivity index (χ1v) is 15.5. The lowest BCUT2D eigenvalue weighted by atomic mass is 10.1. The van der Waals surface area contributed by atoms with Gasteiger partial charge in [0.2, 0.25) is 11.8 Å². The summed E-state index contributed by atoms with van der Waals surface area (Å²) < 4.78 is 34.1. The van der Waals surface area contributed by atoms with E-state index in [4.69, 9.17) is 27.9 Å². The average Bonchev–Trinajstić information content (AvgIpc) is 2.96. The highest BCUT2D eigenvalue weighted by molar-refractivity contribution is 7.92. The number of nitrogens with zero attached hydrogens (tertiary/aromatic N) is 2. The van der Waals surface area contributed by atoms with Crippen molar-refractivity contribution in [1.29, 1.82) is 0 Å². The van der Waals surface area contributed by atoms with E-state index in [2.05, 4.69) is 5.32 Å². The monoisotopic (exact) mass is 619 g/mol. The largest absolute Gasteiger partial charge is 0.497 e. The first-order chi connectivity index (χ1) is 19.5. The number of sulfonamides is 1. The molecule has 0 aromatic heterocycles. The Morgan fingerprint density at radius 2 is 1.63 bits per heavy atom. The zero-order chi connectivity index (χ0) is 30.2. The van der Waals surface area contributed by atoms with E-state index in [9.17, 15) is 18.0 Å². The van der Waals surface area contributed by atoms with E-state index in [-0.39, 0.29) is 33.1 Å².